The molecule has 5 heteroatoms. The number of hydrogen-bond donors (Lipinski definition) is 0. The lowest BCUT2D eigenvalue weighted by Gasteiger charge is -2.12. The molecule has 1 heterocycles. The molecule has 0 spiro atoms. The van der Waals surface area contributed by atoms with Crippen LogP contribution in [0, 0.1) is 20.8 Å². The van der Waals surface area contributed by atoms with Crippen molar-refractivity contribution in [3.8, 4) is 17.1 Å². The second kappa shape index (κ2) is 7.81. The number of rotatable bonds is 3. The number of carbonyl (C=O) groups is 1. The monoisotopic (exact) mass is 418 g/mol. The zero-order chi connectivity index (χ0) is 21.4. The highest BCUT2D eigenvalue weighted by Gasteiger charge is 2.22. The highest BCUT2D eigenvalue weighted by atomic mass is 35.5. The summed E-state index contributed by atoms with van der Waals surface area (Å²) in [5.41, 5.74) is 3.72. The van der Waals surface area contributed by atoms with Gasteiger partial charge >= 0.3 is 5.97 Å². The van der Waals surface area contributed by atoms with Crippen molar-refractivity contribution in [2.24, 2.45) is 0 Å². The molecule has 0 atom stereocenters. The first-order chi connectivity index (χ1) is 14.3. The van der Waals surface area contributed by atoms with Crippen molar-refractivity contribution in [3.63, 3.8) is 0 Å². The van der Waals surface area contributed by atoms with Crippen LogP contribution in [0.3, 0.4) is 0 Å². The van der Waals surface area contributed by atoms with Crippen molar-refractivity contribution >= 4 is 28.5 Å². The molecule has 150 valence electrons. The number of carbonyl (C=O) groups excluding carboxylic acids is 1. The Kier molecular flexibility index (Phi) is 5.18. The Morgan fingerprint density at radius 2 is 1.57 bits per heavy atom. The van der Waals surface area contributed by atoms with Crippen LogP contribution in [0.4, 0.5) is 0 Å². The van der Waals surface area contributed by atoms with E-state index in [1.54, 1.807) is 42.5 Å². The summed E-state index contributed by atoms with van der Waals surface area (Å²) in [5.74, 6) is -0.561. The zero-order valence-electron chi connectivity index (χ0n) is 16.8. The van der Waals surface area contributed by atoms with E-state index in [9.17, 15) is 9.59 Å². The van der Waals surface area contributed by atoms with Gasteiger partial charge in [-0.25, -0.2) is 4.79 Å². The maximum absolute atomic E-state index is 13.3. The first-order valence-corrected chi connectivity index (χ1v) is 9.85. The van der Waals surface area contributed by atoms with E-state index in [2.05, 4.69) is 0 Å². The lowest BCUT2D eigenvalue weighted by atomic mass is 10.0. The number of ether oxygens (including phenoxy) is 1. The summed E-state index contributed by atoms with van der Waals surface area (Å²) in [6.45, 7) is 5.68. The molecule has 0 N–H and O–H groups in total. The van der Waals surface area contributed by atoms with E-state index in [1.165, 1.54) is 0 Å². The maximum atomic E-state index is 13.3. The standard InChI is InChI=1S/C25H19ClO4/c1-14-6-4-5-7-19(14)25(28)30-24-22(27)20-12-15(2)16(3)13-21(20)29-23(24)17-8-10-18(26)11-9-17/h4-13H,1-3H3. The number of halogens is 1. The second-order valence-corrected chi connectivity index (χ2v) is 7.67. The number of hydrogen-bond acceptors (Lipinski definition) is 4. The molecule has 1 aromatic heterocycles. The molecule has 0 saturated heterocycles. The van der Waals surface area contributed by atoms with Gasteiger partial charge in [-0.3, -0.25) is 4.79 Å². The van der Waals surface area contributed by atoms with Crippen LogP contribution in [-0.4, -0.2) is 5.97 Å². The van der Waals surface area contributed by atoms with Crippen molar-refractivity contribution in [2.45, 2.75) is 20.8 Å². The van der Waals surface area contributed by atoms with Crippen molar-refractivity contribution in [1.29, 1.82) is 0 Å². The van der Waals surface area contributed by atoms with Gasteiger partial charge in [0.15, 0.2) is 5.76 Å². The van der Waals surface area contributed by atoms with Crippen LogP contribution in [0.15, 0.2) is 69.9 Å². The Labute approximate surface area is 178 Å². The van der Waals surface area contributed by atoms with Crippen molar-refractivity contribution in [2.75, 3.05) is 0 Å². The van der Waals surface area contributed by atoms with E-state index >= 15 is 0 Å². The first kappa shape index (κ1) is 19.9. The minimum Gasteiger partial charge on any atom is -0.452 e. The molecule has 0 bridgehead atoms. The lowest BCUT2D eigenvalue weighted by Crippen LogP contribution is -2.17. The van der Waals surface area contributed by atoms with Crippen LogP contribution in [0.1, 0.15) is 27.0 Å². The van der Waals surface area contributed by atoms with Gasteiger partial charge in [-0.1, -0.05) is 29.8 Å². The van der Waals surface area contributed by atoms with Gasteiger partial charge in [0.2, 0.25) is 11.2 Å². The predicted molar refractivity (Wildman–Crippen MR) is 119 cm³/mol. The Hall–Kier alpha value is -3.37. The van der Waals surface area contributed by atoms with Gasteiger partial charge in [0.25, 0.3) is 0 Å². The zero-order valence-corrected chi connectivity index (χ0v) is 17.5. The Balaban J connectivity index is 1.94. The molecular formula is C25H19ClO4. The first-order valence-electron chi connectivity index (χ1n) is 9.47. The van der Waals surface area contributed by atoms with Crippen molar-refractivity contribution in [3.05, 3.63) is 98.2 Å². The molecule has 0 radical (unpaired) electrons. The van der Waals surface area contributed by atoms with Crippen LogP contribution in [0.2, 0.25) is 5.02 Å². The third-order valence-electron chi connectivity index (χ3n) is 5.13. The van der Waals surface area contributed by atoms with Gasteiger partial charge in [-0.2, -0.15) is 0 Å². The van der Waals surface area contributed by atoms with Gasteiger partial charge in [0.05, 0.1) is 10.9 Å². The number of fused-ring (bicyclic) bond motifs is 1. The normalized spacial score (nSPS) is 10.9. The van der Waals surface area contributed by atoms with Gasteiger partial charge in [-0.05, 0) is 79.9 Å². The third-order valence-corrected chi connectivity index (χ3v) is 5.38. The molecule has 0 aliphatic carbocycles. The average molecular weight is 419 g/mol. The van der Waals surface area contributed by atoms with Crippen molar-refractivity contribution < 1.29 is 13.9 Å². The molecule has 0 unspecified atom stereocenters. The number of benzene rings is 3. The summed E-state index contributed by atoms with van der Waals surface area (Å²) >= 11 is 6.01. The summed E-state index contributed by atoms with van der Waals surface area (Å²) in [4.78, 5) is 26.2. The highest BCUT2D eigenvalue weighted by molar-refractivity contribution is 6.30. The van der Waals surface area contributed by atoms with Gasteiger partial charge in [-0.15, -0.1) is 0 Å². The largest absolute Gasteiger partial charge is 0.452 e. The molecule has 30 heavy (non-hydrogen) atoms. The molecule has 3 aromatic carbocycles. The highest BCUT2D eigenvalue weighted by Crippen LogP contribution is 2.33. The summed E-state index contributed by atoms with van der Waals surface area (Å²) in [6.07, 6.45) is 0. The van der Waals surface area contributed by atoms with Crippen LogP contribution in [0.25, 0.3) is 22.3 Å². The second-order valence-electron chi connectivity index (χ2n) is 7.23. The molecule has 0 amide bonds. The minimum absolute atomic E-state index is 0.138. The van der Waals surface area contributed by atoms with Crippen LogP contribution in [-0.2, 0) is 0 Å². The molecule has 0 aliphatic heterocycles. The quantitative estimate of drug-likeness (QED) is 0.368. The van der Waals surface area contributed by atoms with E-state index in [0.29, 0.717) is 27.1 Å². The fourth-order valence-corrected chi connectivity index (χ4v) is 3.39. The summed E-state index contributed by atoms with van der Waals surface area (Å²) < 4.78 is 11.7. The van der Waals surface area contributed by atoms with E-state index in [-0.39, 0.29) is 11.5 Å². The summed E-state index contributed by atoms with van der Waals surface area (Å²) in [7, 11) is 0. The topological polar surface area (TPSA) is 56.5 Å². The fourth-order valence-electron chi connectivity index (χ4n) is 3.27. The Bertz CT molecular complexity index is 1330. The summed E-state index contributed by atoms with van der Waals surface area (Å²) in [6, 6.07) is 17.5. The molecule has 4 nitrogen and oxygen atoms in total. The van der Waals surface area contributed by atoms with Crippen molar-refractivity contribution in [1.82, 2.24) is 0 Å². The number of aryl methyl sites for hydroxylation is 3. The van der Waals surface area contributed by atoms with E-state index in [1.807, 2.05) is 39.0 Å². The third kappa shape index (κ3) is 3.62. The van der Waals surface area contributed by atoms with E-state index < -0.39 is 11.4 Å². The Morgan fingerprint density at radius 3 is 2.27 bits per heavy atom. The molecule has 0 fully saturated rings. The van der Waals surface area contributed by atoms with E-state index in [4.69, 9.17) is 20.8 Å². The molecule has 0 saturated carbocycles. The molecule has 4 rings (SSSR count). The van der Waals surface area contributed by atoms with Crippen LogP contribution < -0.4 is 10.2 Å². The maximum Gasteiger partial charge on any atom is 0.344 e. The smallest absolute Gasteiger partial charge is 0.344 e. The molecule has 4 aromatic rings. The predicted octanol–water partition coefficient (Wildman–Crippen LogP) is 6.26. The Morgan fingerprint density at radius 1 is 0.900 bits per heavy atom. The van der Waals surface area contributed by atoms with E-state index in [0.717, 1.165) is 16.7 Å². The lowest BCUT2D eigenvalue weighted by molar-refractivity contribution is 0.0730. The van der Waals surface area contributed by atoms with Gasteiger partial charge < -0.3 is 9.15 Å². The van der Waals surface area contributed by atoms with Crippen LogP contribution in [0.5, 0.6) is 5.75 Å². The molecule has 0 aliphatic rings. The number of esters is 1. The average Bonchev–Trinajstić information content (AvgIpc) is 2.72. The fraction of sp³-hybridized carbons (Fsp3) is 0.120. The molecular weight excluding hydrogens is 400 g/mol. The van der Waals surface area contributed by atoms with Crippen LogP contribution >= 0.6 is 11.6 Å². The SMILES string of the molecule is Cc1cc2oc(-c3ccc(Cl)cc3)c(OC(=O)c3ccccc3C)c(=O)c2cc1C. The summed E-state index contributed by atoms with van der Waals surface area (Å²) in [5, 5.41) is 0.912. The minimum atomic E-state index is -0.612. The van der Waals surface area contributed by atoms with Gasteiger partial charge in [0.1, 0.15) is 5.58 Å². The van der Waals surface area contributed by atoms with Gasteiger partial charge in [0, 0.05) is 10.6 Å².